The molecule has 1 heterocycles. The van der Waals surface area contributed by atoms with E-state index in [1.54, 1.807) is 38.3 Å². The van der Waals surface area contributed by atoms with Crippen LogP contribution in [0.15, 0.2) is 28.7 Å². The number of carbonyl (C=O) groups excluding carboxylic acids is 1. The maximum Gasteiger partial charge on any atom is 0.326 e. The van der Waals surface area contributed by atoms with Gasteiger partial charge in [0.25, 0.3) is 5.91 Å². The van der Waals surface area contributed by atoms with Gasteiger partial charge >= 0.3 is 5.97 Å². The normalized spacial score (nSPS) is 11.7. The molecule has 0 fully saturated rings. The van der Waals surface area contributed by atoms with Crippen LogP contribution in [0.1, 0.15) is 22.5 Å². The van der Waals surface area contributed by atoms with E-state index in [4.69, 9.17) is 13.9 Å². The lowest BCUT2D eigenvalue weighted by Crippen LogP contribution is -2.41. The summed E-state index contributed by atoms with van der Waals surface area (Å²) < 4.78 is 16.2. The van der Waals surface area contributed by atoms with E-state index in [9.17, 15) is 14.7 Å². The van der Waals surface area contributed by atoms with Crippen molar-refractivity contribution in [2.24, 2.45) is 0 Å². The van der Waals surface area contributed by atoms with Crippen LogP contribution < -0.4 is 14.8 Å². The number of amides is 1. The first-order chi connectivity index (χ1) is 12.9. The van der Waals surface area contributed by atoms with Crippen molar-refractivity contribution in [2.75, 3.05) is 26.2 Å². The van der Waals surface area contributed by atoms with E-state index in [0.29, 0.717) is 46.3 Å². The fourth-order valence-electron chi connectivity index (χ4n) is 2.57. The SMILES string of the molecule is COc1ccc(-c2cc(C(=O)NC(CCSC)C(=O)O)c(C)o2)cc1OC. The molecule has 0 spiro atoms. The zero-order valence-electron chi connectivity index (χ0n) is 15.7. The maximum absolute atomic E-state index is 12.5. The number of ether oxygens (including phenoxy) is 2. The van der Waals surface area contributed by atoms with Crippen LogP contribution in [-0.2, 0) is 4.79 Å². The highest BCUT2D eigenvalue weighted by atomic mass is 32.2. The molecule has 7 nitrogen and oxygen atoms in total. The first kappa shape index (κ1) is 20.7. The minimum atomic E-state index is -1.06. The van der Waals surface area contributed by atoms with Crippen molar-refractivity contribution < 1.29 is 28.6 Å². The molecule has 1 atom stereocenters. The van der Waals surface area contributed by atoms with Gasteiger partial charge in [0.15, 0.2) is 11.5 Å². The molecule has 0 saturated heterocycles. The number of furan rings is 1. The van der Waals surface area contributed by atoms with Crippen molar-refractivity contribution in [3.05, 3.63) is 35.6 Å². The molecule has 27 heavy (non-hydrogen) atoms. The van der Waals surface area contributed by atoms with Crippen LogP contribution in [0.4, 0.5) is 0 Å². The summed E-state index contributed by atoms with van der Waals surface area (Å²) in [5.74, 6) is 1.12. The molecule has 1 amide bonds. The van der Waals surface area contributed by atoms with Crippen molar-refractivity contribution in [3.8, 4) is 22.8 Å². The minimum Gasteiger partial charge on any atom is -0.493 e. The van der Waals surface area contributed by atoms with E-state index < -0.39 is 17.9 Å². The predicted molar refractivity (Wildman–Crippen MR) is 104 cm³/mol. The average molecular weight is 393 g/mol. The molecule has 0 saturated carbocycles. The number of rotatable bonds is 9. The Labute approximate surface area is 162 Å². The van der Waals surface area contributed by atoms with Crippen LogP contribution in [0.3, 0.4) is 0 Å². The topological polar surface area (TPSA) is 98.0 Å². The van der Waals surface area contributed by atoms with Crippen LogP contribution in [0, 0.1) is 6.92 Å². The molecule has 0 aliphatic carbocycles. The number of hydrogen-bond acceptors (Lipinski definition) is 6. The Kier molecular flexibility index (Phi) is 7.18. The molecule has 2 aromatic rings. The molecule has 1 unspecified atom stereocenters. The summed E-state index contributed by atoms with van der Waals surface area (Å²) in [5, 5.41) is 11.8. The van der Waals surface area contributed by atoms with Crippen LogP contribution in [0.25, 0.3) is 11.3 Å². The monoisotopic (exact) mass is 393 g/mol. The lowest BCUT2D eigenvalue weighted by molar-refractivity contribution is -0.139. The zero-order chi connectivity index (χ0) is 20.0. The van der Waals surface area contributed by atoms with Gasteiger partial charge in [-0.3, -0.25) is 4.79 Å². The van der Waals surface area contributed by atoms with Gasteiger partial charge in [0.2, 0.25) is 0 Å². The number of carbonyl (C=O) groups is 2. The van der Waals surface area contributed by atoms with Crippen molar-refractivity contribution in [2.45, 2.75) is 19.4 Å². The van der Waals surface area contributed by atoms with Gasteiger partial charge in [0.05, 0.1) is 19.8 Å². The molecule has 1 aromatic carbocycles. The van der Waals surface area contributed by atoms with Crippen molar-refractivity contribution in [1.82, 2.24) is 5.32 Å². The van der Waals surface area contributed by atoms with Gasteiger partial charge in [-0.25, -0.2) is 4.79 Å². The van der Waals surface area contributed by atoms with E-state index in [-0.39, 0.29) is 0 Å². The summed E-state index contributed by atoms with van der Waals surface area (Å²) in [6.45, 7) is 1.66. The molecule has 0 aliphatic heterocycles. The first-order valence-corrected chi connectivity index (χ1v) is 9.66. The van der Waals surface area contributed by atoms with Crippen LogP contribution in [0.5, 0.6) is 11.5 Å². The number of thioether (sulfide) groups is 1. The van der Waals surface area contributed by atoms with Crippen molar-refractivity contribution in [1.29, 1.82) is 0 Å². The summed E-state index contributed by atoms with van der Waals surface area (Å²) in [6.07, 6.45) is 2.23. The number of hydrogen-bond donors (Lipinski definition) is 2. The molecular formula is C19H23NO6S. The number of methoxy groups -OCH3 is 2. The number of aliphatic carboxylic acids is 1. The molecular weight excluding hydrogens is 370 g/mol. The van der Waals surface area contributed by atoms with Gasteiger partial charge in [-0.15, -0.1) is 0 Å². The summed E-state index contributed by atoms with van der Waals surface area (Å²) in [4.78, 5) is 23.9. The fraction of sp³-hybridized carbons (Fsp3) is 0.368. The first-order valence-electron chi connectivity index (χ1n) is 8.26. The van der Waals surface area contributed by atoms with E-state index >= 15 is 0 Å². The second kappa shape index (κ2) is 9.36. The molecule has 8 heteroatoms. The number of nitrogens with one attached hydrogen (secondary N) is 1. The van der Waals surface area contributed by atoms with Crippen LogP contribution in [-0.4, -0.2) is 49.3 Å². The second-order valence-electron chi connectivity index (χ2n) is 5.80. The Morgan fingerprint density at radius 3 is 2.52 bits per heavy atom. The molecule has 0 aliphatic rings. The van der Waals surface area contributed by atoms with Gasteiger partial charge in [-0.05, 0) is 49.6 Å². The largest absolute Gasteiger partial charge is 0.493 e. The van der Waals surface area contributed by atoms with Gasteiger partial charge in [0, 0.05) is 5.56 Å². The van der Waals surface area contributed by atoms with E-state index in [2.05, 4.69) is 5.32 Å². The highest BCUT2D eigenvalue weighted by molar-refractivity contribution is 7.98. The van der Waals surface area contributed by atoms with Gasteiger partial charge in [-0.1, -0.05) is 0 Å². The lowest BCUT2D eigenvalue weighted by atomic mass is 10.1. The van der Waals surface area contributed by atoms with Gasteiger partial charge in [0.1, 0.15) is 17.6 Å². The van der Waals surface area contributed by atoms with E-state index in [1.165, 1.54) is 18.9 Å². The Hall–Kier alpha value is -2.61. The van der Waals surface area contributed by atoms with Crippen molar-refractivity contribution >= 4 is 23.6 Å². The number of carboxylic acids is 1. The third-order valence-electron chi connectivity index (χ3n) is 4.04. The van der Waals surface area contributed by atoms with E-state index in [1.807, 2.05) is 6.26 Å². The number of carboxylic acid groups (broad SMARTS) is 1. The van der Waals surface area contributed by atoms with Crippen molar-refractivity contribution in [3.63, 3.8) is 0 Å². The predicted octanol–water partition coefficient (Wildman–Crippen LogP) is 3.21. The Bertz CT molecular complexity index is 817. The second-order valence-corrected chi connectivity index (χ2v) is 6.78. The molecule has 2 rings (SSSR count). The number of aryl methyl sites for hydroxylation is 1. The smallest absolute Gasteiger partial charge is 0.326 e. The molecule has 0 radical (unpaired) electrons. The molecule has 2 N–H and O–H groups in total. The minimum absolute atomic E-state index is 0.301. The highest BCUT2D eigenvalue weighted by Gasteiger charge is 2.23. The molecule has 0 bridgehead atoms. The molecule has 146 valence electrons. The quantitative estimate of drug-likeness (QED) is 0.675. The maximum atomic E-state index is 12.5. The summed E-state index contributed by atoms with van der Waals surface area (Å²) in [7, 11) is 3.08. The Morgan fingerprint density at radius 2 is 1.93 bits per heavy atom. The van der Waals surface area contributed by atoms with Crippen LogP contribution >= 0.6 is 11.8 Å². The lowest BCUT2D eigenvalue weighted by Gasteiger charge is -2.13. The average Bonchev–Trinajstić information content (AvgIpc) is 3.05. The Balaban J connectivity index is 2.25. The van der Waals surface area contributed by atoms with Gasteiger partial charge < -0.3 is 24.3 Å². The van der Waals surface area contributed by atoms with E-state index in [0.717, 1.165) is 0 Å². The Morgan fingerprint density at radius 1 is 1.22 bits per heavy atom. The highest BCUT2D eigenvalue weighted by Crippen LogP contribution is 2.34. The van der Waals surface area contributed by atoms with Crippen LogP contribution in [0.2, 0.25) is 0 Å². The fourth-order valence-corrected chi connectivity index (χ4v) is 3.04. The van der Waals surface area contributed by atoms with Gasteiger partial charge in [-0.2, -0.15) is 11.8 Å². The standard InChI is InChI=1S/C19H23NO6S/c1-11-13(18(21)20-14(19(22)23)7-8-27-4)10-16(26-11)12-5-6-15(24-2)17(9-12)25-3/h5-6,9-10,14H,7-8H2,1-4H3,(H,20,21)(H,22,23). The third-order valence-corrected chi connectivity index (χ3v) is 4.69. The zero-order valence-corrected chi connectivity index (χ0v) is 16.5. The summed E-state index contributed by atoms with van der Waals surface area (Å²) in [6, 6.07) is 5.94. The summed E-state index contributed by atoms with van der Waals surface area (Å²) in [5.41, 5.74) is 1.02. The summed E-state index contributed by atoms with van der Waals surface area (Å²) >= 11 is 1.53. The molecule has 1 aromatic heterocycles. The number of benzene rings is 1. The third kappa shape index (κ3) is 4.97.